The van der Waals surface area contributed by atoms with Crippen LogP contribution in [0.15, 0.2) is 47.0 Å². The van der Waals surface area contributed by atoms with Crippen molar-refractivity contribution in [3.05, 3.63) is 47.7 Å². The molecule has 37 heavy (non-hydrogen) atoms. The highest BCUT2D eigenvalue weighted by Crippen LogP contribution is 2.23. The van der Waals surface area contributed by atoms with Crippen LogP contribution in [0.1, 0.15) is 37.2 Å². The summed E-state index contributed by atoms with van der Waals surface area (Å²) in [5, 5.41) is 6.66. The average molecular weight is 515 g/mol. The Morgan fingerprint density at radius 3 is 2.62 bits per heavy atom. The Morgan fingerprint density at radius 1 is 1.27 bits per heavy atom. The van der Waals surface area contributed by atoms with Gasteiger partial charge in [0, 0.05) is 63.7 Å². The summed E-state index contributed by atoms with van der Waals surface area (Å²) in [5.74, 6) is -0.570. The molecule has 0 aliphatic carbocycles. The molecule has 0 spiro atoms. The average Bonchev–Trinajstić information content (AvgIpc) is 3.36. The van der Waals surface area contributed by atoms with E-state index >= 15 is 0 Å². The molecule has 4 rings (SSSR count). The van der Waals surface area contributed by atoms with Crippen LogP contribution in [0.4, 0.5) is 8.78 Å². The summed E-state index contributed by atoms with van der Waals surface area (Å²) < 4.78 is 28.6. The molecule has 0 aromatic carbocycles. The van der Waals surface area contributed by atoms with Crippen molar-refractivity contribution < 1.29 is 18.4 Å². The van der Waals surface area contributed by atoms with Crippen LogP contribution in [0.3, 0.4) is 0 Å². The van der Waals surface area contributed by atoms with Gasteiger partial charge in [0.25, 0.3) is 12.3 Å². The van der Waals surface area contributed by atoms with Crippen LogP contribution in [-0.4, -0.2) is 87.3 Å². The van der Waals surface area contributed by atoms with Crippen LogP contribution in [0.5, 0.6) is 0 Å². The second-order valence-electron chi connectivity index (χ2n) is 9.24. The van der Waals surface area contributed by atoms with Crippen molar-refractivity contribution in [2.75, 3.05) is 26.2 Å². The number of nitrogens with zero attached hydrogens (tertiary/aromatic N) is 6. The number of amides is 2. The van der Waals surface area contributed by atoms with E-state index in [-0.39, 0.29) is 23.3 Å². The van der Waals surface area contributed by atoms with E-state index in [2.05, 4.69) is 25.3 Å². The van der Waals surface area contributed by atoms with Gasteiger partial charge in [-0.05, 0) is 31.9 Å². The van der Waals surface area contributed by atoms with Crippen molar-refractivity contribution in [2.45, 2.75) is 51.7 Å². The number of rotatable bonds is 8. The van der Waals surface area contributed by atoms with Gasteiger partial charge in [0.2, 0.25) is 5.91 Å². The lowest BCUT2D eigenvalue weighted by atomic mass is 9.97. The second-order valence-corrected chi connectivity index (χ2v) is 9.24. The third-order valence-corrected chi connectivity index (χ3v) is 6.76. The Bertz CT molecular complexity index is 1180. The minimum atomic E-state index is -2.95. The highest BCUT2D eigenvalue weighted by molar-refractivity contribution is 5.98. The van der Waals surface area contributed by atoms with Gasteiger partial charge in [0.1, 0.15) is 11.4 Å². The number of carbonyl (C=O) groups excluding carboxylic acids is 2. The Balaban J connectivity index is 1.38. The number of allylic oxidation sites excluding steroid dienone is 2. The quantitative estimate of drug-likeness (QED) is 0.519. The summed E-state index contributed by atoms with van der Waals surface area (Å²) in [6.45, 7) is 7.08. The first-order valence-electron chi connectivity index (χ1n) is 12.4. The molecular weight excluding hydrogens is 482 g/mol. The van der Waals surface area contributed by atoms with Crippen LogP contribution in [0, 0.1) is 0 Å². The molecule has 0 radical (unpaired) electrons. The predicted octanol–water partition coefficient (Wildman–Crippen LogP) is 1.90. The summed E-state index contributed by atoms with van der Waals surface area (Å²) in [4.78, 5) is 37.3. The SMILES string of the molecule is CCn1cc(-c2cccc(C(=O)NC(C=NC3CN(C4CCN(C(C)=O)CC4)C3)=C(N)C(F)F)n2)cn1. The fraction of sp³-hybridized carbons (Fsp3) is 0.480. The van der Waals surface area contributed by atoms with Crippen LogP contribution in [0.2, 0.25) is 0 Å². The Kier molecular flexibility index (Phi) is 8.27. The molecule has 2 fully saturated rings. The summed E-state index contributed by atoms with van der Waals surface area (Å²) in [6, 6.07) is 5.20. The van der Waals surface area contributed by atoms with E-state index in [0.717, 1.165) is 31.5 Å². The number of pyridine rings is 1. The van der Waals surface area contributed by atoms with E-state index < -0.39 is 18.0 Å². The number of hydrogen-bond donors (Lipinski definition) is 2. The summed E-state index contributed by atoms with van der Waals surface area (Å²) in [5.41, 5.74) is 5.94. The zero-order valence-corrected chi connectivity index (χ0v) is 21.0. The molecule has 2 aliphatic rings. The molecule has 4 heterocycles. The van der Waals surface area contributed by atoms with E-state index in [1.807, 2.05) is 18.0 Å². The number of aromatic nitrogens is 3. The van der Waals surface area contributed by atoms with Gasteiger partial charge in [0.05, 0.1) is 23.6 Å². The first kappa shape index (κ1) is 26.4. The molecule has 2 saturated heterocycles. The van der Waals surface area contributed by atoms with E-state index in [1.54, 1.807) is 29.9 Å². The lowest BCUT2D eigenvalue weighted by molar-refractivity contribution is -0.130. The van der Waals surface area contributed by atoms with E-state index in [0.29, 0.717) is 31.4 Å². The normalized spacial score (nSPS) is 18.2. The topological polar surface area (TPSA) is 122 Å². The number of nitrogens with one attached hydrogen (secondary N) is 1. The summed E-state index contributed by atoms with van der Waals surface area (Å²) in [7, 11) is 0. The van der Waals surface area contributed by atoms with Gasteiger partial charge in [0.15, 0.2) is 0 Å². The van der Waals surface area contributed by atoms with Gasteiger partial charge in [-0.3, -0.25) is 24.2 Å². The Morgan fingerprint density at radius 2 is 2.00 bits per heavy atom. The lowest BCUT2D eigenvalue weighted by Gasteiger charge is -2.45. The minimum Gasteiger partial charge on any atom is -0.396 e. The van der Waals surface area contributed by atoms with Gasteiger partial charge in [-0.2, -0.15) is 5.10 Å². The number of aryl methyl sites for hydroxylation is 1. The monoisotopic (exact) mass is 514 g/mol. The molecule has 12 heteroatoms. The first-order chi connectivity index (χ1) is 17.7. The molecular formula is C25H32F2N8O2. The number of halogens is 2. The zero-order valence-electron chi connectivity index (χ0n) is 21.0. The number of aliphatic imine (C=N–C) groups is 1. The van der Waals surface area contributed by atoms with Crippen molar-refractivity contribution in [3.63, 3.8) is 0 Å². The Hall–Kier alpha value is -3.67. The number of hydrogen-bond acceptors (Lipinski definition) is 7. The number of carbonyl (C=O) groups is 2. The number of nitrogens with two attached hydrogens (primary N) is 1. The van der Waals surface area contributed by atoms with Gasteiger partial charge in [-0.1, -0.05) is 6.07 Å². The third kappa shape index (κ3) is 6.37. The summed E-state index contributed by atoms with van der Waals surface area (Å²) >= 11 is 0. The highest BCUT2D eigenvalue weighted by atomic mass is 19.3. The van der Waals surface area contributed by atoms with E-state index in [1.165, 1.54) is 12.3 Å². The Labute approximate surface area is 214 Å². The molecule has 0 atom stereocenters. The minimum absolute atomic E-state index is 0.0569. The molecule has 0 saturated carbocycles. The van der Waals surface area contributed by atoms with Gasteiger partial charge in [-0.25, -0.2) is 13.8 Å². The van der Waals surface area contributed by atoms with Gasteiger partial charge >= 0.3 is 0 Å². The van der Waals surface area contributed by atoms with Crippen LogP contribution < -0.4 is 11.1 Å². The molecule has 198 valence electrons. The number of alkyl halides is 2. The van der Waals surface area contributed by atoms with E-state index in [9.17, 15) is 18.4 Å². The lowest BCUT2D eigenvalue weighted by Crippen LogP contribution is -2.57. The fourth-order valence-electron chi connectivity index (χ4n) is 4.48. The largest absolute Gasteiger partial charge is 0.396 e. The van der Waals surface area contributed by atoms with Crippen molar-refractivity contribution in [2.24, 2.45) is 10.7 Å². The molecule has 3 N–H and O–H groups in total. The van der Waals surface area contributed by atoms with Crippen molar-refractivity contribution in [3.8, 4) is 11.3 Å². The van der Waals surface area contributed by atoms with Crippen molar-refractivity contribution in [1.29, 1.82) is 0 Å². The number of piperidine rings is 1. The van der Waals surface area contributed by atoms with E-state index in [4.69, 9.17) is 5.73 Å². The van der Waals surface area contributed by atoms with Crippen LogP contribution in [-0.2, 0) is 11.3 Å². The molecule has 0 bridgehead atoms. The smallest absolute Gasteiger partial charge is 0.279 e. The third-order valence-electron chi connectivity index (χ3n) is 6.76. The fourth-order valence-corrected chi connectivity index (χ4v) is 4.48. The maximum absolute atomic E-state index is 13.4. The molecule has 2 aromatic rings. The van der Waals surface area contributed by atoms with Crippen molar-refractivity contribution >= 4 is 18.0 Å². The van der Waals surface area contributed by atoms with Crippen LogP contribution >= 0.6 is 0 Å². The predicted molar refractivity (Wildman–Crippen MR) is 135 cm³/mol. The first-order valence-corrected chi connectivity index (χ1v) is 12.4. The van der Waals surface area contributed by atoms with Crippen LogP contribution in [0.25, 0.3) is 11.3 Å². The maximum Gasteiger partial charge on any atom is 0.279 e. The molecule has 2 aromatic heterocycles. The summed E-state index contributed by atoms with van der Waals surface area (Å²) in [6.07, 6.45) is 3.53. The highest BCUT2D eigenvalue weighted by Gasteiger charge is 2.34. The van der Waals surface area contributed by atoms with Gasteiger partial charge in [-0.15, -0.1) is 0 Å². The van der Waals surface area contributed by atoms with Gasteiger partial charge < -0.3 is 16.0 Å². The zero-order chi connectivity index (χ0) is 26.5. The molecule has 10 nitrogen and oxygen atoms in total. The molecule has 2 aliphatic heterocycles. The standard InChI is InChI=1S/C25H32F2N8O2/c1-3-35-13-17(11-30-35)20-5-4-6-21(31-20)25(37)32-22(23(28)24(26)27)12-29-18-14-34(15-18)19-7-9-33(10-8-19)16(2)36/h4-6,11-13,18-19,24H,3,7-10,14-15,28H2,1-2H3,(H,32,37). The second kappa shape index (κ2) is 11.6. The molecule has 2 amide bonds. The maximum atomic E-state index is 13.4. The number of likely N-dealkylation sites (tertiary alicyclic amines) is 2. The van der Waals surface area contributed by atoms with Crippen molar-refractivity contribution in [1.82, 2.24) is 29.9 Å². The molecule has 0 unspecified atom stereocenters.